The van der Waals surface area contributed by atoms with Crippen LogP contribution in [0.3, 0.4) is 0 Å². The standard InChI is InChI=1S/C15H23ClFN/c1-10(2)8-18-9-12(11(3)4)15-13(16)6-5-7-14(15)17/h5-7,10-12,18H,8-9H2,1-4H3. The number of halogens is 2. The van der Waals surface area contributed by atoms with Gasteiger partial charge in [0.2, 0.25) is 0 Å². The molecule has 0 radical (unpaired) electrons. The molecule has 0 saturated carbocycles. The summed E-state index contributed by atoms with van der Waals surface area (Å²) in [4.78, 5) is 0. The molecule has 0 bridgehead atoms. The maximum absolute atomic E-state index is 13.9. The number of hydrogen-bond acceptors (Lipinski definition) is 1. The van der Waals surface area contributed by atoms with Crippen molar-refractivity contribution in [2.45, 2.75) is 33.6 Å². The van der Waals surface area contributed by atoms with Crippen molar-refractivity contribution >= 4 is 11.6 Å². The van der Waals surface area contributed by atoms with Gasteiger partial charge in [0.05, 0.1) is 0 Å². The molecule has 1 rings (SSSR count). The van der Waals surface area contributed by atoms with E-state index in [1.54, 1.807) is 12.1 Å². The SMILES string of the molecule is CC(C)CNCC(c1c(F)cccc1Cl)C(C)C. The highest BCUT2D eigenvalue weighted by molar-refractivity contribution is 6.31. The highest BCUT2D eigenvalue weighted by atomic mass is 35.5. The summed E-state index contributed by atoms with van der Waals surface area (Å²) in [5.41, 5.74) is 0.644. The summed E-state index contributed by atoms with van der Waals surface area (Å²) in [6.07, 6.45) is 0. The molecule has 1 aromatic carbocycles. The molecule has 1 nitrogen and oxygen atoms in total. The number of hydrogen-bond donors (Lipinski definition) is 1. The monoisotopic (exact) mass is 271 g/mol. The fraction of sp³-hybridized carbons (Fsp3) is 0.600. The van der Waals surface area contributed by atoms with Crippen molar-refractivity contribution in [3.05, 3.63) is 34.6 Å². The Bertz CT molecular complexity index is 357. The molecule has 0 aliphatic heterocycles. The van der Waals surface area contributed by atoms with Gasteiger partial charge in [0.25, 0.3) is 0 Å². The summed E-state index contributed by atoms with van der Waals surface area (Å²) in [7, 11) is 0. The van der Waals surface area contributed by atoms with E-state index in [0.717, 1.165) is 13.1 Å². The van der Waals surface area contributed by atoms with E-state index in [2.05, 4.69) is 33.0 Å². The Balaban J connectivity index is 2.84. The van der Waals surface area contributed by atoms with Gasteiger partial charge in [-0.05, 0) is 30.5 Å². The normalized spacial score (nSPS) is 13.3. The second-order valence-electron chi connectivity index (χ2n) is 5.54. The Kier molecular flexibility index (Phi) is 6.10. The third kappa shape index (κ3) is 4.25. The fourth-order valence-electron chi connectivity index (χ4n) is 2.06. The quantitative estimate of drug-likeness (QED) is 0.805. The first kappa shape index (κ1) is 15.5. The maximum atomic E-state index is 13.9. The van der Waals surface area contributed by atoms with Crippen LogP contribution in [-0.2, 0) is 0 Å². The Morgan fingerprint density at radius 3 is 2.33 bits per heavy atom. The lowest BCUT2D eigenvalue weighted by Crippen LogP contribution is -2.28. The zero-order valence-electron chi connectivity index (χ0n) is 11.6. The van der Waals surface area contributed by atoms with E-state index in [4.69, 9.17) is 11.6 Å². The van der Waals surface area contributed by atoms with Crippen LogP contribution in [0, 0.1) is 17.7 Å². The largest absolute Gasteiger partial charge is 0.316 e. The molecule has 102 valence electrons. The van der Waals surface area contributed by atoms with Crippen LogP contribution in [0.5, 0.6) is 0 Å². The van der Waals surface area contributed by atoms with Crippen molar-refractivity contribution in [2.75, 3.05) is 13.1 Å². The molecule has 0 heterocycles. The molecule has 1 N–H and O–H groups in total. The van der Waals surface area contributed by atoms with Crippen molar-refractivity contribution in [1.82, 2.24) is 5.32 Å². The maximum Gasteiger partial charge on any atom is 0.128 e. The second kappa shape index (κ2) is 7.10. The van der Waals surface area contributed by atoms with Crippen LogP contribution >= 0.6 is 11.6 Å². The van der Waals surface area contributed by atoms with Gasteiger partial charge in [0.15, 0.2) is 0 Å². The zero-order valence-corrected chi connectivity index (χ0v) is 12.4. The van der Waals surface area contributed by atoms with Crippen LogP contribution in [0.25, 0.3) is 0 Å². The molecule has 0 saturated heterocycles. The van der Waals surface area contributed by atoms with Gasteiger partial charge in [-0.2, -0.15) is 0 Å². The first-order valence-electron chi connectivity index (χ1n) is 6.58. The molecule has 0 aromatic heterocycles. The van der Waals surface area contributed by atoms with Crippen LogP contribution in [0.2, 0.25) is 5.02 Å². The Morgan fingerprint density at radius 1 is 1.17 bits per heavy atom. The molecule has 0 spiro atoms. The molecule has 0 amide bonds. The second-order valence-corrected chi connectivity index (χ2v) is 5.95. The van der Waals surface area contributed by atoms with Crippen LogP contribution in [0.4, 0.5) is 4.39 Å². The number of rotatable bonds is 6. The summed E-state index contributed by atoms with van der Waals surface area (Å²) in [5, 5.41) is 3.92. The summed E-state index contributed by atoms with van der Waals surface area (Å²) in [6.45, 7) is 10.2. The Hall–Kier alpha value is -0.600. The van der Waals surface area contributed by atoms with Gasteiger partial charge in [-0.25, -0.2) is 4.39 Å². The van der Waals surface area contributed by atoms with Gasteiger partial charge in [-0.15, -0.1) is 0 Å². The molecule has 1 unspecified atom stereocenters. The molecule has 0 aliphatic carbocycles. The Morgan fingerprint density at radius 2 is 1.83 bits per heavy atom. The highest BCUT2D eigenvalue weighted by Crippen LogP contribution is 2.32. The molecule has 1 atom stereocenters. The van der Waals surface area contributed by atoms with Crippen LogP contribution in [0.15, 0.2) is 18.2 Å². The molecule has 1 aromatic rings. The predicted molar refractivity (Wildman–Crippen MR) is 76.7 cm³/mol. The molecule has 0 aliphatic rings. The topological polar surface area (TPSA) is 12.0 Å². The summed E-state index contributed by atoms with van der Waals surface area (Å²) in [6, 6.07) is 4.90. The first-order chi connectivity index (χ1) is 8.43. The van der Waals surface area contributed by atoms with E-state index in [0.29, 0.717) is 22.4 Å². The summed E-state index contributed by atoms with van der Waals surface area (Å²) < 4.78 is 13.9. The van der Waals surface area contributed by atoms with Gasteiger partial charge in [-0.1, -0.05) is 45.4 Å². The van der Waals surface area contributed by atoms with E-state index in [1.807, 2.05) is 0 Å². The van der Waals surface area contributed by atoms with Gasteiger partial charge in [0, 0.05) is 23.0 Å². The van der Waals surface area contributed by atoms with Gasteiger partial charge in [-0.3, -0.25) is 0 Å². The van der Waals surface area contributed by atoms with E-state index in [9.17, 15) is 4.39 Å². The van der Waals surface area contributed by atoms with Crippen molar-refractivity contribution in [3.63, 3.8) is 0 Å². The minimum atomic E-state index is -0.201. The number of benzene rings is 1. The van der Waals surface area contributed by atoms with E-state index < -0.39 is 0 Å². The lowest BCUT2D eigenvalue weighted by atomic mass is 9.88. The lowest BCUT2D eigenvalue weighted by Gasteiger charge is -2.24. The summed E-state index contributed by atoms with van der Waals surface area (Å²) >= 11 is 6.14. The van der Waals surface area contributed by atoms with E-state index in [1.165, 1.54) is 6.07 Å². The first-order valence-corrected chi connectivity index (χ1v) is 6.95. The molecule has 0 fully saturated rings. The smallest absolute Gasteiger partial charge is 0.128 e. The van der Waals surface area contributed by atoms with Crippen LogP contribution < -0.4 is 5.32 Å². The van der Waals surface area contributed by atoms with Crippen LogP contribution in [0.1, 0.15) is 39.2 Å². The van der Waals surface area contributed by atoms with Gasteiger partial charge in [0.1, 0.15) is 5.82 Å². The minimum absolute atomic E-state index is 0.109. The number of nitrogens with one attached hydrogen (secondary N) is 1. The fourth-order valence-corrected chi connectivity index (χ4v) is 2.37. The molecular weight excluding hydrogens is 249 g/mol. The van der Waals surface area contributed by atoms with Crippen LogP contribution in [-0.4, -0.2) is 13.1 Å². The minimum Gasteiger partial charge on any atom is -0.316 e. The average molecular weight is 272 g/mol. The lowest BCUT2D eigenvalue weighted by molar-refractivity contribution is 0.428. The molecule has 3 heteroatoms. The van der Waals surface area contributed by atoms with Gasteiger partial charge >= 0.3 is 0 Å². The third-order valence-electron chi connectivity index (χ3n) is 3.09. The Labute approximate surface area is 115 Å². The van der Waals surface area contributed by atoms with Crippen molar-refractivity contribution < 1.29 is 4.39 Å². The summed E-state index contributed by atoms with van der Waals surface area (Å²) in [5.74, 6) is 0.845. The van der Waals surface area contributed by atoms with E-state index >= 15 is 0 Å². The van der Waals surface area contributed by atoms with Gasteiger partial charge < -0.3 is 5.32 Å². The predicted octanol–water partition coefficient (Wildman–Crippen LogP) is 4.46. The van der Waals surface area contributed by atoms with E-state index in [-0.39, 0.29) is 11.7 Å². The zero-order chi connectivity index (χ0) is 13.7. The molecule has 18 heavy (non-hydrogen) atoms. The van der Waals surface area contributed by atoms with Crippen molar-refractivity contribution in [2.24, 2.45) is 11.8 Å². The van der Waals surface area contributed by atoms with Crippen molar-refractivity contribution in [3.8, 4) is 0 Å². The third-order valence-corrected chi connectivity index (χ3v) is 3.42. The van der Waals surface area contributed by atoms with Crippen molar-refractivity contribution in [1.29, 1.82) is 0 Å². The average Bonchev–Trinajstić information content (AvgIpc) is 2.25. The molecular formula is C15H23ClFN. The highest BCUT2D eigenvalue weighted by Gasteiger charge is 2.21.